The molecule has 0 radical (unpaired) electrons. The van der Waals surface area contributed by atoms with Crippen LogP contribution in [0.25, 0.3) is 12.2 Å². The van der Waals surface area contributed by atoms with Crippen LogP contribution in [-0.4, -0.2) is 40.4 Å². The largest absolute Gasteiger partial charge is 0.493 e. The van der Waals surface area contributed by atoms with Crippen molar-refractivity contribution in [1.29, 1.82) is 0 Å². The van der Waals surface area contributed by atoms with Gasteiger partial charge >= 0.3 is 0 Å². The van der Waals surface area contributed by atoms with Crippen molar-refractivity contribution in [1.82, 2.24) is 4.98 Å². The number of fused-ring (bicyclic) bond motifs is 1. The average molecular weight is 380 g/mol. The van der Waals surface area contributed by atoms with Crippen LogP contribution in [0.4, 0.5) is 5.00 Å². The number of ether oxygens (including phenoxy) is 2. The van der Waals surface area contributed by atoms with Gasteiger partial charge in [-0.05, 0) is 31.1 Å². The number of thiazole rings is 1. The molecule has 0 saturated carbocycles. The summed E-state index contributed by atoms with van der Waals surface area (Å²) in [5, 5.41) is 1.50. The fourth-order valence-corrected chi connectivity index (χ4v) is 5.14. The lowest BCUT2D eigenvalue weighted by atomic mass is 10.1. The summed E-state index contributed by atoms with van der Waals surface area (Å²) in [6.45, 7) is 0.515. The Labute approximate surface area is 151 Å². The molecule has 6 nitrogen and oxygen atoms in total. The smallest absolute Gasteiger partial charge is 0.232 e. The Hall–Kier alpha value is -2.06. The van der Waals surface area contributed by atoms with Gasteiger partial charge in [0.15, 0.2) is 11.5 Å². The van der Waals surface area contributed by atoms with Crippen molar-refractivity contribution < 1.29 is 17.9 Å². The lowest BCUT2D eigenvalue weighted by molar-refractivity contribution is 0.354. The molecule has 0 unspecified atom stereocenters. The molecular formula is C17H20N2O4S2. The second-order valence-corrected chi connectivity index (χ2v) is 8.57. The van der Waals surface area contributed by atoms with Crippen LogP contribution in [0, 0.1) is 0 Å². The minimum absolute atomic E-state index is 0.515. The molecular weight excluding hydrogens is 360 g/mol. The van der Waals surface area contributed by atoms with E-state index < -0.39 is 10.0 Å². The summed E-state index contributed by atoms with van der Waals surface area (Å²) >= 11 is 1.39. The Morgan fingerprint density at radius 3 is 2.72 bits per heavy atom. The van der Waals surface area contributed by atoms with E-state index in [-0.39, 0.29) is 0 Å². The van der Waals surface area contributed by atoms with Crippen LogP contribution >= 0.6 is 11.3 Å². The fourth-order valence-electron chi connectivity index (χ4n) is 2.80. The maximum atomic E-state index is 11.9. The van der Waals surface area contributed by atoms with Gasteiger partial charge in [0, 0.05) is 12.1 Å². The predicted molar refractivity (Wildman–Crippen MR) is 101 cm³/mol. The van der Waals surface area contributed by atoms with Crippen LogP contribution in [-0.2, 0) is 16.4 Å². The van der Waals surface area contributed by atoms with E-state index in [1.165, 1.54) is 21.9 Å². The second kappa shape index (κ2) is 7.05. The quantitative estimate of drug-likeness (QED) is 0.797. The van der Waals surface area contributed by atoms with E-state index in [0.717, 1.165) is 34.1 Å². The summed E-state index contributed by atoms with van der Waals surface area (Å²) in [4.78, 5) is 4.58. The van der Waals surface area contributed by atoms with E-state index in [1.54, 1.807) is 14.2 Å². The maximum Gasteiger partial charge on any atom is 0.232 e. The van der Waals surface area contributed by atoms with Crippen molar-refractivity contribution in [2.75, 3.05) is 31.3 Å². The first-order valence-corrected chi connectivity index (χ1v) is 10.5. The summed E-state index contributed by atoms with van der Waals surface area (Å²) in [6.07, 6.45) is 6.60. The SMILES string of the molecule is COc1cccc(C=Cc2nc3c(s2)N(S(C)(=O)=O)CCC3)c1OC. The minimum Gasteiger partial charge on any atom is -0.493 e. The molecule has 134 valence electrons. The number of hydrogen-bond donors (Lipinski definition) is 0. The van der Waals surface area contributed by atoms with Crippen molar-refractivity contribution in [3.05, 3.63) is 34.5 Å². The van der Waals surface area contributed by atoms with Gasteiger partial charge in [0.05, 0.1) is 26.2 Å². The van der Waals surface area contributed by atoms with E-state index >= 15 is 0 Å². The number of nitrogens with zero attached hydrogens (tertiary/aromatic N) is 2. The van der Waals surface area contributed by atoms with Gasteiger partial charge in [0.1, 0.15) is 10.0 Å². The van der Waals surface area contributed by atoms with E-state index in [1.807, 2.05) is 30.4 Å². The Bertz CT molecular complexity index is 903. The molecule has 0 saturated heterocycles. The molecule has 0 fully saturated rings. The van der Waals surface area contributed by atoms with Crippen LogP contribution in [0.3, 0.4) is 0 Å². The number of methoxy groups -OCH3 is 2. The molecule has 25 heavy (non-hydrogen) atoms. The molecule has 1 aliphatic rings. The van der Waals surface area contributed by atoms with E-state index in [2.05, 4.69) is 4.98 Å². The zero-order valence-corrected chi connectivity index (χ0v) is 16.0. The van der Waals surface area contributed by atoms with Crippen LogP contribution < -0.4 is 13.8 Å². The van der Waals surface area contributed by atoms with Gasteiger partial charge in [0.25, 0.3) is 0 Å². The fraction of sp³-hybridized carbons (Fsp3) is 0.353. The van der Waals surface area contributed by atoms with Gasteiger partial charge in [-0.2, -0.15) is 0 Å². The highest BCUT2D eigenvalue weighted by Crippen LogP contribution is 2.36. The molecule has 0 bridgehead atoms. The highest BCUT2D eigenvalue weighted by atomic mass is 32.2. The maximum absolute atomic E-state index is 11.9. The van der Waals surface area contributed by atoms with Crippen LogP contribution in [0.5, 0.6) is 11.5 Å². The Kier molecular flexibility index (Phi) is 5.01. The molecule has 1 aromatic carbocycles. The number of para-hydroxylation sites is 1. The number of rotatable bonds is 5. The molecule has 3 rings (SSSR count). The first kappa shape index (κ1) is 17.8. The molecule has 2 heterocycles. The summed E-state index contributed by atoms with van der Waals surface area (Å²) in [5.74, 6) is 1.31. The number of anilines is 1. The molecule has 0 amide bonds. The minimum atomic E-state index is -3.27. The molecule has 2 aromatic rings. The third-order valence-electron chi connectivity index (χ3n) is 3.93. The number of benzene rings is 1. The van der Waals surface area contributed by atoms with Crippen molar-refractivity contribution in [3.63, 3.8) is 0 Å². The van der Waals surface area contributed by atoms with Gasteiger partial charge in [-0.15, -0.1) is 0 Å². The standard InChI is InChI=1S/C17H20N2O4S2/c1-22-14-8-4-6-12(16(14)23-2)9-10-15-18-13-7-5-11-19(17(13)24-15)25(3,20)21/h4,6,8-10H,5,7,11H2,1-3H3. The van der Waals surface area contributed by atoms with Crippen molar-refractivity contribution in [2.45, 2.75) is 12.8 Å². The molecule has 8 heteroatoms. The van der Waals surface area contributed by atoms with Crippen LogP contribution in [0.1, 0.15) is 22.7 Å². The summed E-state index contributed by atoms with van der Waals surface area (Å²) in [6, 6.07) is 5.65. The summed E-state index contributed by atoms with van der Waals surface area (Å²) in [5.41, 5.74) is 1.72. The first-order chi connectivity index (χ1) is 11.9. The predicted octanol–water partition coefficient (Wildman–Crippen LogP) is 3.04. The van der Waals surface area contributed by atoms with Gasteiger partial charge in [-0.1, -0.05) is 23.5 Å². The molecule has 1 aliphatic heterocycles. The zero-order chi connectivity index (χ0) is 18.0. The van der Waals surface area contributed by atoms with Crippen molar-refractivity contribution >= 4 is 38.5 Å². The topological polar surface area (TPSA) is 68.7 Å². The molecule has 0 spiro atoms. The number of aromatic nitrogens is 1. The van der Waals surface area contributed by atoms with Crippen molar-refractivity contribution in [3.8, 4) is 11.5 Å². The Morgan fingerprint density at radius 1 is 1.24 bits per heavy atom. The van der Waals surface area contributed by atoms with Gasteiger partial charge in [-0.25, -0.2) is 13.4 Å². The van der Waals surface area contributed by atoms with E-state index in [9.17, 15) is 8.42 Å². The highest BCUT2D eigenvalue weighted by Gasteiger charge is 2.27. The molecule has 1 aromatic heterocycles. The van der Waals surface area contributed by atoms with E-state index in [0.29, 0.717) is 18.0 Å². The summed E-state index contributed by atoms with van der Waals surface area (Å²) < 4.78 is 36.1. The number of hydrogen-bond acceptors (Lipinski definition) is 6. The van der Waals surface area contributed by atoms with Crippen LogP contribution in [0.15, 0.2) is 18.2 Å². The van der Waals surface area contributed by atoms with Gasteiger partial charge in [0.2, 0.25) is 10.0 Å². The average Bonchev–Trinajstić information content (AvgIpc) is 3.01. The van der Waals surface area contributed by atoms with Gasteiger partial charge in [-0.3, -0.25) is 4.31 Å². The molecule has 0 atom stereocenters. The lowest BCUT2D eigenvalue weighted by Crippen LogP contribution is -2.33. The van der Waals surface area contributed by atoms with Crippen LogP contribution in [0.2, 0.25) is 0 Å². The number of sulfonamides is 1. The van der Waals surface area contributed by atoms with Crippen molar-refractivity contribution in [2.24, 2.45) is 0 Å². The van der Waals surface area contributed by atoms with Gasteiger partial charge < -0.3 is 9.47 Å². The highest BCUT2D eigenvalue weighted by molar-refractivity contribution is 7.92. The molecule has 0 N–H and O–H groups in total. The Balaban J connectivity index is 1.93. The third kappa shape index (κ3) is 3.64. The first-order valence-electron chi connectivity index (χ1n) is 7.80. The summed E-state index contributed by atoms with van der Waals surface area (Å²) in [7, 11) is -0.0739. The normalized spacial score (nSPS) is 14.6. The zero-order valence-electron chi connectivity index (χ0n) is 14.4. The number of aryl methyl sites for hydroxylation is 1. The van der Waals surface area contributed by atoms with E-state index in [4.69, 9.17) is 9.47 Å². The Morgan fingerprint density at radius 2 is 2.04 bits per heavy atom. The third-order valence-corrected chi connectivity index (χ3v) is 6.30. The lowest BCUT2D eigenvalue weighted by Gasteiger charge is -2.24. The second-order valence-electron chi connectivity index (χ2n) is 5.66. The monoisotopic (exact) mass is 380 g/mol. The molecule has 0 aliphatic carbocycles.